The minimum Gasteiger partial charge on any atom is -0.376 e. The van der Waals surface area contributed by atoms with Gasteiger partial charge in [-0.2, -0.15) is 0 Å². The highest BCUT2D eigenvalue weighted by Crippen LogP contribution is 2.14. The maximum atomic E-state index is 11.8. The highest BCUT2D eigenvalue weighted by molar-refractivity contribution is 6.31. The lowest BCUT2D eigenvalue weighted by Crippen LogP contribution is -2.29. The summed E-state index contributed by atoms with van der Waals surface area (Å²) in [7, 11) is 0. The first-order valence-corrected chi connectivity index (χ1v) is 6.83. The topological polar surface area (TPSA) is 41.1 Å². The molecule has 4 heteroatoms. The summed E-state index contributed by atoms with van der Waals surface area (Å²) in [6.45, 7) is 2.70. The molecule has 2 rings (SSSR count). The normalized spacial score (nSPS) is 10.1. The van der Waals surface area contributed by atoms with Gasteiger partial charge < -0.3 is 10.6 Å². The third-order valence-corrected chi connectivity index (χ3v) is 3.27. The van der Waals surface area contributed by atoms with Gasteiger partial charge in [-0.15, -0.1) is 0 Å². The van der Waals surface area contributed by atoms with Crippen LogP contribution in [0.4, 0.5) is 5.69 Å². The highest BCUT2D eigenvalue weighted by atomic mass is 35.5. The van der Waals surface area contributed by atoms with E-state index in [1.54, 1.807) is 0 Å². The highest BCUT2D eigenvalue weighted by Gasteiger charge is 2.03. The van der Waals surface area contributed by atoms with Gasteiger partial charge in [-0.25, -0.2) is 0 Å². The van der Waals surface area contributed by atoms with Crippen molar-refractivity contribution in [3.05, 3.63) is 64.7 Å². The van der Waals surface area contributed by atoms with Crippen molar-refractivity contribution in [2.45, 2.75) is 13.5 Å². The summed E-state index contributed by atoms with van der Waals surface area (Å²) in [6.07, 6.45) is 0. The molecule has 2 aromatic rings. The average Bonchev–Trinajstić information content (AvgIpc) is 2.44. The smallest absolute Gasteiger partial charge is 0.239 e. The van der Waals surface area contributed by atoms with E-state index in [1.807, 2.05) is 55.5 Å². The molecule has 0 aliphatic carbocycles. The van der Waals surface area contributed by atoms with Gasteiger partial charge in [-0.1, -0.05) is 41.9 Å². The Morgan fingerprint density at radius 1 is 1.15 bits per heavy atom. The number of nitrogens with one attached hydrogen (secondary N) is 2. The number of anilines is 1. The Morgan fingerprint density at radius 3 is 2.70 bits per heavy atom. The van der Waals surface area contributed by atoms with Crippen LogP contribution >= 0.6 is 11.6 Å². The maximum Gasteiger partial charge on any atom is 0.239 e. The summed E-state index contributed by atoms with van der Waals surface area (Å²) < 4.78 is 0. The molecule has 0 unspecified atom stereocenters. The second-order valence-electron chi connectivity index (χ2n) is 4.59. The van der Waals surface area contributed by atoms with E-state index in [9.17, 15) is 4.79 Å². The molecule has 3 nitrogen and oxygen atoms in total. The Balaban J connectivity index is 1.80. The van der Waals surface area contributed by atoms with Gasteiger partial charge in [0.05, 0.1) is 6.54 Å². The summed E-state index contributed by atoms with van der Waals surface area (Å²) in [5.41, 5.74) is 3.02. The van der Waals surface area contributed by atoms with Crippen molar-refractivity contribution in [3.63, 3.8) is 0 Å². The minimum atomic E-state index is -0.0635. The molecule has 0 saturated carbocycles. The Kier molecular flexibility index (Phi) is 5.02. The van der Waals surface area contributed by atoms with E-state index in [1.165, 1.54) is 0 Å². The molecule has 104 valence electrons. The fraction of sp³-hybridized carbons (Fsp3) is 0.188. The van der Waals surface area contributed by atoms with Crippen LogP contribution in [0.1, 0.15) is 11.1 Å². The summed E-state index contributed by atoms with van der Waals surface area (Å²) in [4.78, 5) is 11.8. The van der Waals surface area contributed by atoms with Gasteiger partial charge in [0.15, 0.2) is 0 Å². The van der Waals surface area contributed by atoms with Gasteiger partial charge in [0, 0.05) is 17.3 Å². The zero-order chi connectivity index (χ0) is 14.4. The number of carbonyl (C=O) groups excluding carboxylic acids is 1. The van der Waals surface area contributed by atoms with Crippen LogP contribution in [0.25, 0.3) is 0 Å². The number of benzene rings is 2. The van der Waals surface area contributed by atoms with Crippen molar-refractivity contribution in [2.24, 2.45) is 0 Å². The molecule has 0 fully saturated rings. The van der Waals surface area contributed by atoms with Gasteiger partial charge in [0.1, 0.15) is 0 Å². The summed E-state index contributed by atoms with van der Waals surface area (Å²) in [5, 5.41) is 6.60. The van der Waals surface area contributed by atoms with Crippen LogP contribution in [0.15, 0.2) is 48.5 Å². The van der Waals surface area contributed by atoms with E-state index >= 15 is 0 Å². The zero-order valence-electron chi connectivity index (χ0n) is 11.3. The molecule has 20 heavy (non-hydrogen) atoms. The van der Waals surface area contributed by atoms with E-state index in [0.29, 0.717) is 11.6 Å². The first kappa shape index (κ1) is 14.4. The number of hydrogen-bond acceptors (Lipinski definition) is 2. The number of hydrogen-bond donors (Lipinski definition) is 2. The van der Waals surface area contributed by atoms with E-state index in [2.05, 4.69) is 10.6 Å². The van der Waals surface area contributed by atoms with Crippen molar-refractivity contribution in [1.29, 1.82) is 0 Å². The van der Waals surface area contributed by atoms with Crippen molar-refractivity contribution in [2.75, 3.05) is 11.9 Å². The molecule has 1 amide bonds. The van der Waals surface area contributed by atoms with Crippen molar-refractivity contribution >= 4 is 23.2 Å². The third-order valence-electron chi connectivity index (χ3n) is 2.90. The first-order valence-electron chi connectivity index (χ1n) is 6.46. The monoisotopic (exact) mass is 288 g/mol. The van der Waals surface area contributed by atoms with Gasteiger partial charge in [0.25, 0.3) is 0 Å². The van der Waals surface area contributed by atoms with Crippen LogP contribution < -0.4 is 10.6 Å². The average molecular weight is 289 g/mol. The van der Waals surface area contributed by atoms with E-state index < -0.39 is 0 Å². The molecular formula is C16H17ClN2O. The fourth-order valence-electron chi connectivity index (χ4n) is 1.84. The van der Waals surface area contributed by atoms with Crippen LogP contribution in [0, 0.1) is 6.92 Å². The van der Waals surface area contributed by atoms with Crippen LogP contribution in [-0.2, 0) is 11.3 Å². The van der Waals surface area contributed by atoms with Crippen LogP contribution in [0.5, 0.6) is 0 Å². The third kappa shape index (κ3) is 4.28. The largest absolute Gasteiger partial charge is 0.376 e. The lowest BCUT2D eigenvalue weighted by molar-refractivity contribution is -0.119. The first-order chi connectivity index (χ1) is 9.65. The maximum absolute atomic E-state index is 11.8. The molecule has 0 aliphatic heterocycles. The van der Waals surface area contributed by atoms with E-state index in [4.69, 9.17) is 11.6 Å². The SMILES string of the molecule is Cc1cccc(NCC(=O)NCc2ccccc2Cl)c1. The van der Waals surface area contributed by atoms with Crippen LogP contribution in [-0.4, -0.2) is 12.5 Å². The number of aryl methyl sites for hydroxylation is 1. The summed E-state index contributed by atoms with van der Waals surface area (Å²) in [6, 6.07) is 15.4. The van der Waals surface area contributed by atoms with Crippen molar-refractivity contribution in [1.82, 2.24) is 5.32 Å². The molecule has 0 atom stereocenters. The van der Waals surface area contributed by atoms with Crippen molar-refractivity contribution < 1.29 is 4.79 Å². The van der Waals surface area contributed by atoms with Gasteiger partial charge in [0.2, 0.25) is 5.91 Å². The molecule has 0 radical (unpaired) electrons. The summed E-state index contributed by atoms with van der Waals surface area (Å²) in [5.74, 6) is -0.0635. The van der Waals surface area contributed by atoms with Crippen molar-refractivity contribution in [3.8, 4) is 0 Å². The fourth-order valence-corrected chi connectivity index (χ4v) is 2.04. The Morgan fingerprint density at radius 2 is 1.95 bits per heavy atom. The van der Waals surface area contributed by atoms with E-state index in [0.717, 1.165) is 16.8 Å². The Labute approximate surface area is 124 Å². The van der Waals surface area contributed by atoms with Gasteiger partial charge >= 0.3 is 0 Å². The van der Waals surface area contributed by atoms with Gasteiger partial charge in [-0.3, -0.25) is 4.79 Å². The predicted molar refractivity (Wildman–Crippen MR) is 83.0 cm³/mol. The Hall–Kier alpha value is -2.00. The lowest BCUT2D eigenvalue weighted by atomic mass is 10.2. The standard InChI is InChI=1S/C16H17ClN2O/c1-12-5-4-7-14(9-12)18-11-16(20)19-10-13-6-2-3-8-15(13)17/h2-9,18H,10-11H2,1H3,(H,19,20). The molecule has 0 bridgehead atoms. The second-order valence-corrected chi connectivity index (χ2v) is 5.00. The molecule has 2 aromatic carbocycles. The van der Waals surface area contributed by atoms with Gasteiger partial charge in [-0.05, 0) is 36.2 Å². The molecule has 0 aromatic heterocycles. The van der Waals surface area contributed by atoms with E-state index in [-0.39, 0.29) is 12.5 Å². The molecule has 0 aliphatic rings. The molecule has 0 spiro atoms. The zero-order valence-corrected chi connectivity index (χ0v) is 12.1. The molecular weight excluding hydrogens is 272 g/mol. The number of carbonyl (C=O) groups is 1. The number of amides is 1. The van der Waals surface area contributed by atoms with Crippen LogP contribution in [0.2, 0.25) is 5.02 Å². The van der Waals surface area contributed by atoms with Crippen LogP contribution in [0.3, 0.4) is 0 Å². The number of rotatable bonds is 5. The molecule has 0 heterocycles. The quantitative estimate of drug-likeness (QED) is 0.885. The molecule has 2 N–H and O–H groups in total. The Bertz CT molecular complexity index is 599. The minimum absolute atomic E-state index is 0.0635. The second kappa shape index (κ2) is 6.96. The summed E-state index contributed by atoms with van der Waals surface area (Å²) >= 11 is 6.03. The molecule has 0 saturated heterocycles. The number of halogens is 1. The predicted octanol–water partition coefficient (Wildman–Crippen LogP) is 3.38. The lowest BCUT2D eigenvalue weighted by Gasteiger charge is -2.09.